The molecule has 2 N–H and O–H groups in total. The van der Waals surface area contributed by atoms with Crippen molar-refractivity contribution >= 4 is 11.7 Å². The molecule has 0 bridgehead atoms. The number of methoxy groups -OCH3 is 1. The number of aliphatic carboxylic acids is 1. The molecule has 0 saturated heterocycles. The van der Waals surface area contributed by atoms with E-state index < -0.39 is 11.9 Å². The lowest BCUT2D eigenvalue weighted by Crippen LogP contribution is -2.26. The molecule has 1 heterocycles. The number of fused-ring (bicyclic) bond motifs is 1. The van der Waals surface area contributed by atoms with Gasteiger partial charge in [0.2, 0.25) is 0 Å². The van der Waals surface area contributed by atoms with Gasteiger partial charge < -0.3 is 15.2 Å². The lowest BCUT2D eigenvalue weighted by Gasteiger charge is -2.32. The van der Waals surface area contributed by atoms with E-state index in [0.717, 1.165) is 16.8 Å². The molecule has 4 nitrogen and oxygen atoms in total. The monoisotopic (exact) mass is 297 g/mol. The van der Waals surface area contributed by atoms with Gasteiger partial charge in [-0.15, -0.1) is 0 Å². The van der Waals surface area contributed by atoms with Crippen molar-refractivity contribution in [1.82, 2.24) is 0 Å². The molecule has 3 rings (SSSR count). The largest absolute Gasteiger partial charge is 0.497 e. The minimum absolute atomic E-state index is 0.00240. The van der Waals surface area contributed by atoms with Crippen LogP contribution in [0.1, 0.15) is 35.1 Å². The van der Waals surface area contributed by atoms with Gasteiger partial charge in [0.1, 0.15) is 5.75 Å². The summed E-state index contributed by atoms with van der Waals surface area (Å²) in [5.41, 5.74) is 3.96. The summed E-state index contributed by atoms with van der Waals surface area (Å²) in [7, 11) is 1.59. The third-order valence-corrected chi connectivity index (χ3v) is 4.21. The van der Waals surface area contributed by atoms with Gasteiger partial charge in [0.05, 0.1) is 19.1 Å². The molecule has 0 amide bonds. The summed E-state index contributed by atoms with van der Waals surface area (Å²) in [4.78, 5) is 11.7. The van der Waals surface area contributed by atoms with Crippen LogP contribution in [0.3, 0.4) is 0 Å². The zero-order valence-electron chi connectivity index (χ0n) is 12.7. The Labute approximate surface area is 129 Å². The Kier molecular flexibility index (Phi) is 3.75. The van der Waals surface area contributed by atoms with E-state index in [1.54, 1.807) is 7.11 Å². The minimum Gasteiger partial charge on any atom is -0.497 e. The van der Waals surface area contributed by atoms with Crippen molar-refractivity contribution in [3.05, 3.63) is 59.2 Å². The van der Waals surface area contributed by atoms with Crippen LogP contribution in [0, 0.1) is 6.92 Å². The van der Waals surface area contributed by atoms with Crippen LogP contribution in [0.15, 0.2) is 42.5 Å². The van der Waals surface area contributed by atoms with E-state index in [2.05, 4.69) is 29.6 Å². The highest BCUT2D eigenvalue weighted by Gasteiger charge is 2.32. The summed E-state index contributed by atoms with van der Waals surface area (Å²) < 4.78 is 5.21. The van der Waals surface area contributed by atoms with Gasteiger partial charge in [0, 0.05) is 5.69 Å². The van der Waals surface area contributed by atoms with Crippen molar-refractivity contribution in [1.29, 1.82) is 0 Å². The van der Waals surface area contributed by atoms with Gasteiger partial charge in [-0.2, -0.15) is 0 Å². The van der Waals surface area contributed by atoms with E-state index in [1.165, 1.54) is 5.56 Å². The second-order valence-electron chi connectivity index (χ2n) is 5.69. The zero-order valence-corrected chi connectivity index (χ0v) is 12.7. The maximum atomic E-state index is 11.7. The number of carboxylic acid groups (broad SMARTS) is 1. The summed E-state index contributed by atoms with van der Waals surface area (Å²) in [6, 6.07) is 13.8. The smallest absolute Gasteiger partial charge is 0.311 e. The first kappa shape index (κ1) is 14.4. The average Bonchev–Trinajstić information content (AvgIpc) is 2.53. The van der Waals surface area contributed by atoms with Gasteiger partial charge in [0.15, 0.2) is 0 Å². The van der Waals surface area contributed by atoms with Crippen LogP contribution in [0.25, 0.3) is 0 Å². The third-order valence-electron chi connectivity index (χ3n) is 4.21. The maximum Gasteiger partial charge on any atom is 0.311 e. The van der Waals surface area contributed by atoms with Gasteiger partial charge in [-0.3, -0.25) is 4.79 Å². The van der Waals surface area contributed by atoms with E-state index in [1.807, 2.05) is 25.1 Å². The van der Waals surface area contributed by atoms with Crippen molar-refractivity contribution < 1.29 is 14.6 Å². The summed E-state index contributed by atoms with van der Waals surface area (Å²) in [5.74, 6) is -0.647. The first-order chi connectivity index (χ1) is 10.6. The SMILES string of the molecule is COc1ccc2c(c1)C(C(=O)O)CC(c1ccc(C)cc1)N2. The Bertz CT molecular complexity index is 694. The van der Waals surface area contributed by atoms with Crippen molar-refractivity contribution in [2.24, 2.45) is 0 Å². The normalized spacial score (nSPS) is 19.9. The molecule has 1 aliphatic rings. The average molecular weight is 297 g/mol. The number of hydrogen-bond donors (Lipinski definition) is 2. The van der Waals surface area contributed by atoms with E-state index >= 15 is 0 Å². The second kappa shape index (κ2) is 5.72. The van der Waals surface area contributed by atoms with Crippen LogP contribution in [0.4, 0.5) is 5.69 Å². The van der Waals surface area contributed by atoms with Crippen LogP contribution in [0.2, 0.25) is 0 Å². The summed E-state index contributed by atoms with van der Waals surface area (Å²) in [6.45, 7) is 2.04. The van der Waals surface area contributed by atoms with E-state index in [4.69, 9.17) is 4.74 Å². The third kappa shape index (κ3) is 2.64. The van der Waals surface area contributed by atoms with Crippen LogP contribution in [0.5, 0.6) is 5.75 Å². The van der Waals surface area contributed by atoms with Crippen LogP contribution < -0.4 is 10.1 Å². The zero-order chi connectivity index (χ0) is 15.7. The molecule has 2 aromatic carbocycles. The molecule has 0 fully saturated rings. The highest BCUT2D eigenvalue weighted by molar-refractivity contribution is 5.81. The number of benzene rings is 2. The van der Waals surface area contributed by atoms with Gasteiger partial charge in [0.25, 0.3) is 0 Å². The molecule has 0 saturated carbocycles. The predicted octanol–water partition coefficient (Wildman–Crippen LogP) is 3.73. The molecular weight excluding hydrogens is 278 g/mol. The van der Waals surface area contributed by atoms with Gasteiger partial charge in [-0.1, -0.05) is 29.8 Å². The highest BCUT2D eigenvalue weighted by Crippen LogP contribution is 2.41. The van der Waals surface area contributed by atoms with Gasteiger partial charge in [-0.25, -0.2) is 0 Å². The molecule has 1 aliphatic heterocycles. The standard InChI is InChI=1S/C18H19NO3/c1-11-3-5-12(6-4-11)17-10-15(18(20)21)14-9-13(22-2)7-8-16(14)19-17/h3-9,15,17,19H,10H2,1-2H3,(H,20,21). The molecule has 4 heteroatoms. The van der Waals surface area contributed by atoms with Crippen molar-refractivity contribution in [3.63, 3.8) is 0 Å². The van der Waals surface area contributed by atoms with Crippen LogP contribution >= 0.6 is 0 Å². The van der Waals surface area contributed by atoms with Crippen molar-refractivity contribution in [2.45, 2.75) is 25.3 Å². The molecule has 0 spiro atoms. The first-order valence-electron chi connectivity index (χ1n) is 7.32. The quantitative estimate of drug-likeness (QED) is 0.906. The lowest BCUT2D eigenvalue weighted by atomic mass is 9.84. The van der Waals surface area contributed by atoms with Crippen LogP contribution in [-0.2, 0) is 4.79 Å². The number of anilines is 1. The van der Waals surface area contributed by atoms with Crippen LogP contribution in [-0.4, -0.2) is 18.2 Å². The number of carboxylic acids is 1. The number of hydrogen-bond acceptors (Lipinski definition) is 3. The highest BCUT2D eigenvalue weighted by atomic mass is 16.5. The fraction of sp³-hybridized carbons (Fsp3) is 0.278. The summed E-state index contributed by atoms with van der Waals surface area (Å²) in [5, 5.41) is 13.0. The first-order valence-corrected chi connectivity index (χ1v) is 7.32. The number of rotatable bonds is 3. The second-order valence-corrected chi connectivity index (χ2v) is 5.69. The maximum absolute atomic E-state index is 11.7. The molecule has 0 radical (unpaired) electrons. The summed E-state index contributed by atoms with van der Waals surface area (Å²) in [6.07, 6.45) is 0.526. The van der Waals surface area contributed by atoms with Crippen molar-refractivity contribution in [3.8, 4) is 5.75 Å². The molecule has 0 aliphatic carbocycles. The fourth-order valence-electron chi connectivity index (χ4n) is 2.95. The van der Waals surface area contributed by atoms with E-state index in [0.29, 0.717) is 12.2 Å². The fourth-order valence-corrected chi connectivity index (χ4v) is 2.95. The van der Waals surface area contributed by atoms with Crippen molar-refractivity contribution in [2.75, 3.05) is 12.4 Å². The number of aryl methyl sites for hydroxylation is 1. The minimum atomic E-state index is -0.798. The number of carbonyl (C=O) groups is 1. The predicted molar refractivity (Wildman–Crippen MR) is 85.5 cm³/mol. The lowest BCUT2D eigenvalue weighted by molar-refractivity contribution is -0.139. The molecule has 2 aromatic rings. The van der Waals surface area contributed by atoms with Gasteiger partial charge >= 0.3 is 5.97 Å². The Morgan fingerprint density at radius 3 is 2.59 bits per heavy atom. The Morgan fingerprint density at radius 1 is 1.23 bits per heavy atom. The Morgan fingerprint density at radius 2 is 1.95 bits per heavy atom. The van der Waals surface area contributed by atoms with Gasteiger partial charge in [-0.05, 0) is 42.7 Å². The molecule has 114 valence electrons. The van der Waals surface area contributed by atoms with E-state index in [-0.39, 0.29) is 6.04 Å². The molecule has 2 unspecified atom stereocenters. The van der Waals surface area contributed by atoms with E-state index in [9.17, 15) is 9.90 Å². The topological polar surface area (TPSA) is 58.6 Å². The summed E-state index contributed by atoms with van der Waals surface area (Å²) >= 11 is 0. The molecular formula is C18H19NO3. The Hall–Kier alpha value is -2.49. The number of ether oxygens (including phenoxy) is 1. The molecule has 2 atom stereocenters. The number of nitrogens with one attached hydrogen (secondary N) is 1. The molecule has 0 aromatic heterocycles. The Balaban J connectivity index is 1.98. The molecule has 22 heavy (non-hydrogen) atoms.